The number of nitrogens with zero attached hydrogens (tertiary/aromatic N) is 3. The molecule has 0 spiro atoms. The van der Waals surface area contributed by atoms with Crippen LogP contribution in [0.15, 0.2) is 18.2 Å². The Hall–Kier alpha value is -2.08. The van der Waals surface area contributed by atoms with Crippen LogP contribution in [0, 0.1) is 0 Å². The maximum absolute atomic E-state index is 6.07. The highest BCUT2D eigenvalue weighted by Crippen LogP contribution is 2.26. The maximum Gasteiger partial charge on any atom is 0.330 e. The van der Waals surface area contributed by atoms with Gasteiger partial charge in [0, 0.05) is 12.1 Å². The van der Waals surface area contributed by atoms with Crippen molar-refractivity contribution in [2.24, 2.45) is 0 Å². The summed E-state index contributed by atoms with van der Waals surface area (Å²) in [4.78, 5) is 12.1. The van der Waals surface area contributed by atoms with E-state index in [2.05, 4.69) is 20.3 Å². The largest absolute Gasteiger partial charge is 0.467 e. The van der Waals surface area contributed by atoms with Crippen LogP contribution in [0.3, 0.4) is 0 Å². The van der Waals surface area contributed by atoms with Crippen molar-refractivity contribution in [3.63, 3.8) is 0 Å². The van der Waals surface area contributed by atoms with Gasteiger partial charge in [-0.15, -0.1) is 4.98 Å². The van der Waals surface area contributed by atoms with E-state index >= 15 is 0 Å². The van der Waals surface area contributed by atoms with Gasteiger partial charge >= 0.3 is 12.0 Å². The molecule has 0 aliphatic heterocycles. The molecule has 106 valence electrons. The Morgan fingerprint density at radius 2 is 1.95 bits per heavy atom. The van der Waals surface area contributed by atoms with Crippen LogP contribution in [-0.2, 0) is 6.42 Å². The molecule has 2 rings (SSSR count). The van der Waals surface area contributed by atoms with Crippen LogP contribution < -0.4 is 14.8 Å². The second kappa shape index (κ2) is 6.38. The van der Waals surface area contributed by atoms with Crippen LogP contribution in [0.2, 0.25) is 5.02 Å². The number of aryl methyl sites for hydroxylation is 1. The maximum atomic E-state index is 6.07. The second-order valence-electron chi connectivity index (χ2n) is 3.89. The zero-order valence-corrected chi connectivity index (χ0v) is 12.2. The predicted molar refractivity (Wildman–Crippen MR) is 76.8 cm³/mol. The lowest BCUT2D eigenvalue weighted by molar-refractivity contribution is 0.360. The first-order chi connectivity index (χ1) is 9.66. The van der Waals surface area contributed by atoms with Gasteiger partial charge in [0.25, 0.3) is 0 Å². The normalized spacial score (nSPS) is 10.2. The summed E-state index contributed by atoms with van der Waals surface area (Å²) in [5, 5.41) is 3.53. The second-order valence-corrected chi connectivity index (χ2v) is 4.29. The molecule has 0 bridgehead atoms. The Balaban J connectivity index is 2.29. The number of benzene rings is 1. The molecule has 0 aliphatic rings. The van der Waals surface area contributed by atoms with Gasteiger partial charge < -0.3 is 14.8 Å². The quantitative estimate of drug-likeness (QED) is 0.914. The fourth-order valence-corrected chi connectivity index (χ4v) is 1.83. The lowest BCUT2D eigenvalue weighted by Crippen LogP contribution is -2.03. The minimum absolute atomic E-state index is 0.158. The summed E-state index contributed by atoms with van der Waals surface area (Å²) in [5.74, 6) is 0.984. The first-order valence-corrected chi connectivity index (χ1v) is 6.48. The van der Waals surface area contributed by atoms with Crippen molar-refractivity contribution in [3.05, 3.63) is 28.8 Å². The fraction of sp³-hybridized carbons (Fsp3) is 0.308. The van der Waals surface area contributed by atoms with Crippen molar-refractivity contribution < 1.29 is 9.47 Å². The Morgan fingerprint density at radius 3 is 2.60 bits per heavy atom. The summed E-state index contributed by atoms with van der Waals surface area (Å²) in [6, 6.07) is 5.75. The number of rotatable bonds is 5. The van der Waals surface area contributed by atoms with Crippen molar-refractivity contribution in [1.29, 1.82) is 0 Å². The van der Waals surface area contributed by atoms with Crippen LogP contribution >= 0.6 is 11.6 Å². The van der Waals surface area contributed by atoms with Gasteiger partial charge in [0.05, 0.1) is 7.11 Å². The van der Waals surface area contributed by atoms with Crippen LogP contribution in [0.25, 0.3) is 0 Å². The van der Waals surface area contributed by atoms with E-state index in [0.717, 1.165) is 12.0 Å². The van der Waals surface area contributed by atoms with Crippen molar-refractivity contribution in [2.75, 3.05) is 19.5 Å². The minimum atomic E-state index is 0.158. The molecule has 0 atom stereocenters. The number of nitrogens with one attached hydrogen (secondary N) is 1. The molecule has 0 radical (unpaired) electrons. The summed E-state index contributed by atoms with van der Waals surface area (Å²) in [5.41, 5.74) is 0.999. The third kappa shape index (κ3) is 3.27. The molecule has 0 saturated carbocycles. The van der Waals surface area contributed by atoms with E-state index < -0.39 is 0 Å². The zero-order valence-electron chi connectivity index (χ0n) is 11.5. The topological polar surface area (TPSA) is 69.2 Å². The third-order valence-electron chi connectivity index (χ3n) is 2.61. The van der Waals surface area contributed by atoms with E-state index in [1.54, 1.807) is 19.2 Å². The monoisotopic (exact) mass is 294 g/mol. The van der Waals surface area contributed by atoms with Crippen molar-refractivity contribution in [1.82, 2.24) is 15.0 Å². The summed E-state index contributed by atoms with van der Waals surface area (Å²) < 4.78 is 10.6. The Bertz CT molecular complexity index is 585. The molecule has 20 heavy (non-hydrogen) atoms. The number of hydrogen-bond donors (Lipinski definition) is 1. The van der Waals surface area contributed by atoms with Crippen molar-refractivity contribution >= 4 is 17.5 Å². The predicted octanol–water partition coefficient (Wildman–Crippen LogP) is 2.93. The number of ether oxygens (including phenoxy) is 2. The zero-order chi connectivity index (χ0) is 14.5. The minimum Gasteiger partial charge on any atom is -0.467 e. The summed E-state index contributed by atoms with van der Waals surface area (Å²) in [6.45, 7) is 2.02. The molecule has 1 aromatic heterocycles. The highest BCUT2D eigenvalue weighted by molar-refractivity contribution is 6.31. The van der Waals surface area contributed by atoms with E-state index in [-0.39, 0.29) is 12.0 Å². The average Bonchev–Trinajstić information content (AvgIpc) is 2.48. The number of methoxy groups -OCH3 is 1. The van der Waals surface area contributed by atoms with Gasteiger partial charge in [0.2, 0.25) is 5.95 Å². The van der Waals surface area contributed by atoms with E-state index in [0.29, 0.717) is 16.7 Å². The molecule has 7 heteroatoms. The molecule has 1 heterocycles. The molecule has 0 saturated heterocycles. The molecule has 2 aromatic rings. The van der Waals surface area contributed by atoms with Crippen molar-refractivity contribution in [3.8, 4) is 17.8 Å². The molecular formula is C13H15ClN4O2. The molecular weight excluding hydrogens is 280 g/mol. The Labute approximate surface area is 122 Å². The number of anilines is 1. The van der Waals surface area contributed by atoms with Crippen LogP contribution in [0.4, 0.5) is 5.95 Å². The molecule has 6 nitrogen and oxygen atoms in total. The van der Waals surface area contributed by atoms with Gasteiger partial charge in [-0.25, -0.2) is 0 Å². The lowest BCUT2D eigenvalue weighted by atomic mass is 10.1. The van der Waals surface area contributed by atoms with Gasteiger partial charge in [-0.1, -0.05) is 18.5 Å². The standard InChI is InChI=1S/C13H15ClN4O2/c1-4-8-7-9(5-6-10(8)14)20-13-17-11(15-2)16-12(18-13)19-3/h5-7H,4H2,1-3H3,(H,15,16,17,18). The lowest BCUT2D eigenvalue weighted by Gasteiger charge is -2.08. The molecule has 1 aromatic carbocycles. The number of aromatic nitrogens is 3. The molecule has 0 fully saturated rings. The van der Waals surface area contributed by atoms with E-state index in [9.17, 15) is 0 Å². The van der Waals surface area contributed by atoms with Crippen LogP contribution in [0.1, 0.15) is 12.5 Å². The first kappa shape index (κ1) is 14.3. The highest BCUT2D eigenvalue weighted by Gasteiger charge is 2.09. The van der Waals surface area contributed by atoms with E-state index in [4.69, 9.17) is 21.1 Å². The van der Waals surface area contributed by atoms with Crippen LogP contribution in [-0.4, -0.2) is 29.1 Å². The van der Waals surface area contributed by atoms with Crippen molar-refractivity contribution in [2.45, 2.75) is 13.3 Å². The molecule has 0 aliphatic carbocycles. The van der Waals surface area contributed by atoms with Gasteiger partial charge in [-0.3, -0.25) is 0 Å². The molecule has 1 N–H and O–H groups in total. The summed E-state index contributed by atoms with van der Waals surface area (Å²) in [6.07, 6.45) is 0.818. The van der Waals surface area contributed by atoms with E-state index in [1.165, 1.54) is 7.11 Å². The van der Waals surface area contributed by atoms with Gasteiger partial charge in [-0.05, 0) is 30.2 Å². The number of halogens is 1. The third-order valence-corrected chi connectivity index (χ3v) is 2.98. The Kier molecular flexibility index (Phi) is 4.57. The van der Waals surface area contributed by atoms with Gasteiger partial charge in [-0.2, -0.15) is 9.97 Å². The Morgan fingerprint density at radius 1 is 1.20 bits per heavy atom. The van der Waals surface area contributed by atoms with E-state index in [1.807, 2.05) is 13.0 Å². The average molecular weight is 295 g/mol. The fourth-order valence-electron chi connectivity index (χ4n) is 1.58. The number of hydrogen-bond acceptors (Lipinski definition) is 6. The first-order valence-electron chi connectivity index (χ1n) is 6.10. The van der Waals surface area contributed by atoms with Crippen LogP contribution in [0.5, 0.6) is 17.8 Å². The highest BCUT2D eigenvalue weighted by atomic mass is 35.5. The smallest absolute Gasteiger partial charge is 0.330 e. The molecule has 0 amide bonds. The van der Waals surface area contributed by atoms with Gasteiger partial charge in [0.1, 0.15) is 5.75 Å². The summed E-state index contributed by atoms with van der Waals surface area (Å²) in [7, 11) is 3.19. The SMILES string of the molecule is CCc1cc(Oc2nc(NC)nc(OC)n2)ccc1Cl. The molecule has 0 unspecified atom stereocenters. The van der Waals surface area contributed by atoms with Gasteiger partial charge in [0.15, 0.2) is 0 Å². The summed E-state index contributed by atoms with van der Waals surface area (Å²) >= 11 is 6.07.